The van der Waals surface area contributed by atoms with E-state index >= 15 is 0 Å². The lowest BCUT2D eigenvalue weighted by Gasteiger charge is -2.47. The summed E-state index contributed by atoms with van der Waals surface area (Å²) in [6, 6.07) is 10.8. The van der Waals surface area contributed by atoms with E-state index in [-0.39, 0.29) is 5.60 Å². The third-order valence-electron chi connectivity index (χ3n) is 5.71. The van der Waals surface area contributed by atoms with Crippen LogP contribution >= 0.6 is 0 Å². The Balaban J connectivity index is 1.47. The van der Waals surface area contributed by atoms with Gasteiger partial charge < -0.3 is 24.1 Å². The summed E-state index contributed by atoms with van der Waals surface area (Å²) in [6.45, 7) is 4.75. The Bertz CT molecular complexity index is 693. The number of hydrogen-bond acceptors (Lipinski definition) is 5. The molecule has 2 aromatic rings. The summed E-state index contributed by atoms with van der Waals surface area (Å²) >= 11 is 0. The Morgan fingerprint density at radius 1 is 1.23 bits per heavy atom. The number of methoxy groups -OCH3 is 1. The van der Waals surface area contributed by atoms with E-state index in [1.165, 1.54) is 11.1 Å². The normalized spacial score (nSPS) is 22.1. The minimum Gasteiger partial charge on any atom is -0.487 e. The van der Waals surface area contributed by atoms with Gasteiger partial charge in [0, 0.05) is 56.9 Å². The van der Waals surface area contributed by atoms with Crippen molar-refractivity contribution >= 4 is 0 Å². The van der Waals surface area contributed by atoms with Crippen molar-refractivity contribution in [3.05, 3.63) is 54.0 Å². The number of para-hydroxylation sites is 1. The molecule has 0 amide bonds. The van der Waals surface area contributed by atoms with Crippen molar-refractivity contribution in [2.75, 3.05) is 33.4 Å². The van der Waals surface area contributed by atoms with Gasteiger partial charge in [0.05, 0.1) is 19.1 Å². The zero-order chi connectivity index (χ0) is 17.8. The molecule has 4 rings (SSSR count). The molecule has 0 bridgehead atoms. The van der Waals surface area contributed by atoms with Crippen molar-refractivity contribution < 1.29 is 13.9 Å². The van der Waals surface area contributed by atoms with Crippen LogP contribution in [0.4, 0.5) is 0 Å². The summed E-state index contributed by atoms with van der Waals surface area (Å²) in [5.41, 5.74) is 2.38. The van der Waals surface area contributed by atoms with Gasteiger partial charge in [-0.2, -0.15) is 0 Å². The van der Waals surface area contributed by atoms with E-state index in [0.717, 1.165) is 57.8 Å². The van der Waals surface area contributed by atoms with Crippen LogP contribution in [0.5, 0.6) is 5.75 Å². The molecule has 5 nitrogen and oxygen atoms in total. The third kappa shape index (κ3) is 3.80. The highest BCUT2D eigenvalue weighted by Crippen LogP contribution is 2.44. The van der Waals surface area contributed by atoms with Gasteiger partial charge in [-0.05, 0) is 25.0 Å². The Morgan fingerprint density at radius 3 is 2.85 bits per heavy atom. The largest absolute Gasteiger partial charge is 0.487 e. The number of hydrogen-bond donors (Lipinski definition) is 1. The smallest absolute Gasteiger partial charge is 0.124 e. The Morgan fingerprint density at radius 2 is 2.08 bits per heavy atom. The molecule has 0 saturated carbocycles. The van der Waals surface area contributed by atoms with E-state index in [1.54, 1.807) is 13.4 Å². The maximum atomic E-state index is 6.56. The number of rotatable bonds is 6. The fourth-order valence-electron chi connectivity index (χ4n) is 4.15. The zero-order valence-corrected chi connectivity index (χ0v) is 15.4. The predicted molar refractivity (Wildman–Crippen MR) is 100 cm³/mol. The van der Waals surface area contributed by atoms with Gasteiger partial charge in [-0.25, -0.2) is 0 Å². The predicted octanol–water partition coefficient (Wildman–Crippen LogP) is 3.37. The molecule has 1 aromatic heterocycles. The van der Waals surface area contributed by atoms with Crippen LogP contribution in [0.25, 0.3) is 0 Å². The number of piperidine rings is 1. The number of nitrogens with one attached hydrogen (secondary N) is 1. The van der Waals surface area contributed by atoms with Gasteiger partial charge in [-0.3, -0.25) is 0 Å². The van der Waals surface area contributed by atoms with E-state index in [4.69, 9.17) is 13.9 Å². The summed E-state index contributed by atoms with van der Waals surface area (Å²) < 4.78 is 17.0. The van der Waals surface area contributed by atoms with Crippen molar-refractivity contribution in [3.8, 4) is 5.75 Å². The molecule has 0 radical (unpaired) electrons. The van der Waals surface area contributed by atoms with Crippen LogP contribution in [-0.2, 0) is 11.3 Å². The molecule has 1 atom stereocenters. The average molecular weight is 356 g/mol. The van der Waals surface area contributed by atoms with Crippen LogP contribution in [0, 0.1) is 0 Å². The SMILES string of the molecule is COCCN1CCC2(CC1)CC(NCc1ccoc1)c1ccccc1O2. The summed E-state index contributed by atoms with van der Waals surface area (Å²) in [6.07, 6.45) is 6.68. The lowest BCUT2D eigenvalue weighted by Crippen LogP contribution is -2.52. The molecule has 1 unspecified atom stereocenters. The topological polar surface area (TPSA) is 46.9 Å². The van der Waals surface area contributed by atoms with Gasteiger partial charge in [-0.1, -0.05) is 18.2 Å². The van der Waals surface area contributed by atoms with Crippen molar-refractivity contribution in [2.24, 2.45) is 0 Å². The van der Waals surface area contributed by atoms with E-state index < -0.39 is 0 Å². The molecule has 2 aliphatic heterocycles. The summed E-state index contributed by atoms with van der Waals surface area (Å²) in [7, 11) is 1.77. The first-order chi connectivity index (χ1) is 12.8. The number of benzene rings is 1. The molecule has 1 saturated heterocycles. The number of fused-ring (bicyclic) bond motifs is 1. The highest BCUT2D eigenvalue weighted by atomic mass is 16.5. The van der Waals surface area contributed by atoms with Gasteiger partial charge in [-0.15, -0.1) is 0 Å². The van der Waals surface area contributed by atoms with E-state index in [2.05, 4.69) is 34.5 Å². The van der Waals surface area contributed by atoms with Crippen LogP contribution in [0.2, 0.25) is 0 Å². The Hall–Kier alpha value is -1.82. The number of furan rings is 1. The number of nitrogens with zero attached hydrogens (tertiary/aromatic N) is 1. The van der Waals surface area contributed by atoms with Gasteiger partial charge in [0.1, 0.15) is 11.4 Å². The van der Waals surface area contributed by atoms with E-state index in [9.17, 15) is 0 Å². The van der Waals surface area contributed by atoms with Gasteiger partial charge in [0.25, 0.3) is 0 Å². The fourth-order valence-corrected chi connectivity index (χ4v) is 4.15. The first-order valence-electron chi connectivity index (χ1n) is 9.52. The summed E-state index contributed by atoms with van der Waals surface area (Å²) in [5.74, 6) is 1.04. The van der Waals surface area contributed by atoms with Crippen molar-refractivity contribution in [1.29, 1.82) is 0 Å². The van der Waals surface area contributed by atoms with Gasteiger partial charge in [0.15, 0.2) is 0 Å². The van der Waals surface area contributed by atoms with Crippen LogP contribution in [-0.4, -0.2) is 43.9 Å². The molecular formula is C21H28N2O3. The lowest BCUT2D eigenvalue weighted by atomic mass is 9.80. The molecule has 5 heteroatoms. The maximum Gasteiger partial charge on any atom is 0.124 e. The zero-order valence-electron chi connectivity index (χ0n) is 15.4. The Kier molecular flexibility index (Phi) is 5.29. The molecular weight excluding hydrogens is 328 g/mol. The molecule has 1 aromatic carbocycles. The van der Waals surface area contributed by atoms with Crippen molar-refractivity contribution in [3.63, 3.8) is 0 Å². The van der Waals surface area contributed by atoms with Gasteiger partial charge in [0.2, 0.25) is 0 Å². The number of ether oxygens (including phenoxy) is 2. The van der Waals surface area contributed by atoms with Crippen molar-refractivity contribution in [1.82, 2.24) is 10.2 Å². The second-order valence-electron chi connectivity index (χ2n) is 7.43. The Labute approximate surface area is 155 Å². The highest BCUT2D eigenvalue weighted by molar-refractivity contribution is 5.39. The second-order valence-corrected chi connectivity index (χ2v) is 7.43. The standard InChI is InChI=1S/C21H28N2O3/c1-24-13-11-23-9-7-21(8-10-23)14-19(22-15-17-6-12-25-16-17)18-4-2-3-5-20(18)26-21/h2-6,12,16,19,22H,7-11,13-15H2,1H3. The molecule has 140 valence electrons. The van der Waals surface area contributed by atoms with Crippen LogP contribution in [0.1, 0.15) is 36.4 Å². The first-order valence-corrected chi connectivity index (χ1v) is 9.52. The third-order valence-corrected chi connectivity index (χ3v) is 5.71. The molecule has 1 spiro atoms. The molecule has 1 fully saturated rings. The van der Waals surface area contributed by atoms with E-state index in [1.807, 2.05) is 12.3 Å². The quantitative estimate of drug-likeness (QED) is 0.860. The lowest BCUT2D eigenvalue weighted by molar-refractivity contribution is -0.0289. The van der Waals surface area contributed by atoms with Gasteiger partial charge >= 0.3 is 0 Å². The molecule has 1 N–H and O–H groups in total. The van der Waals surface area contributed by atoms with Crippen molar-refractivity contribution in [2.45, 2.75) is 37.5 Å². The fraction of sp³-hybridized carbons (Fsp3) is 0.524. The molecule has 2 aliphatic rings. The summed E-state index contributed by atoms with van der Waals surface area (Å²) in [5, 5.41) is 3.72. The second kappa shape index (κ2) is 7.82. The monoisotopic (exact) mass is 356 g/mol. The summed E-state index contributed by atoms with van der Waals surface area (Å²) in [4.78, 5) is 2.48. The average Bonchev–Trinajstić information content (AvgIpc) is 3.19. The van der Waals surface area contributed by atoms with Crippen LogP contribution < -0.4 is 10.1 Å². The minimum atomic E-state index is -0.0635. The highest BCUT2D eigenvalue weighted by Gasteiger charge is 2.42. The molecule has 0 aliphatic carbocycles. The molecule has 3 heterocycles. The van der Waals surface area contributed by atoms with Crippen LogP contribution in [0.15, 0.2) is 47.3 Å². The number of likely N-dealkylation sites (tertiary alicyclic amines) is 1. The first kappa shape index (κ1) is 17.6. The van der Waals surface area contributed by atoms with E-state index in [0.29, 0.717) is 6.04 Å². The minimum absolute atomic E-state index is 0.0635. The maximum absolute atomic E-state index is 6.56. The molecule has 26 heavy (non-hydrogen) atoms. The van der Waals surface area contributed by atoms with Crippen LogP contribution in [0.3, 0.4) is 0 Å².